The Labute approximate surface area is 140 Å². The molecule has 120 valence electrons. The van der Waals surface area contributed by atoms with Crippen LogP contribution in [0.1, 0.15) is 23.2 Å². The smallest absolute Gasteiger partial charge is 0.312 e. The minimum atomic E-state index is -0.526. The summed E-state index contributed by atoms with van der Waals surface area (Å²) in [4.78, 5) is 42.0. The van der Waals surface area contributed by atoms with Crippen LogP contribution in [0.5, 0.6) is 0 Å². The summed E-state index contributed by atoms with van der Waals surface area (Å²) in [5.74, 6) is -0.0175. The molecule has 23 heavy (non-hydrogen) atoms. The van der Waals surface area contributed by atoms with Crippen LogP contribution in [-0.4, -0.2) is 22.4 Å². The van der Waals surface area contributed by atoms with E-state index in [0.717, 1.165) is 22.1 Å². The summed E-state index contributed by atoms with van der Waals surface area (Å²) in [5.41, 5.74) is 2.09. The van der Waals surface area contributed by atoms with E-state index in [2.05, 4.69) is 25.9 Å². The lowest BCUT2D eigenvalue weighted by atomic mass is 10.1. The largest absolute Gasteiger partial charge is 0.325 e. The van der Waals surface area contributed by atoms with Crippen LogP contribution < -0.4 is 16.1 Å². The van der Waals surface area contributed by atoms with Crippen molar-refractivity contribution in [1.29, 1.82) is 0 Å². The van der Waals surface area contributed by atoms with Crippen LogP contribution in [-0.2, 0) is 17.6 Å². The molecule has 0 atom stereocenters. The maximum atomic E-state index is 12.5. The molecule has 1 aliphatic heterocycles. The molecule has 0 bridgehead atoms. The van der Waals surface area contributed by atoms with Crippen LogP contribution in [0.2, 0.25) is 0 Å². The molecular weight excluding hydrogens is 362 g/mol. The first-order valence-electron chi connectivity index (χ1n) is 7.36. The van der Waals surface area contributed by atoms with Crippen LogP contribution >= 0.6 is 15.9 Å². The Balaban J connectivity index is 1.75. The molecule has 1 aliphatic rings. The van der Waals surface area contributed by atoms with E-state index in [4.69, 9.17) is 0 Å². The Kier molecular flexibility index (Phi) is 4.21. The first-order chi connectivity index (χ1) is 11.0. The van der Waals surface area contributed by atoms with Crippen molar-refractivity contribution in [2.75, 3.05) is 11.4 Å². The highest BCUT2D eigenvalue weighted by molar-refractivity contribution is 9.10. The number of hydrogen-bond acceptors (Lipinski definition) is 3. The molecule has 0 fully saturated rings. The van der Waals surface area contributed by atoms with Crippen molar-refractivity contribution in [2.24, 2.45) is 0 Å². The lowest BCUT2D eigenvalue weighted by molar-refractivity contribution is -0.118. The average Bonchev–Trinajstić information content (AvgIpc) is 2.88. The van der Waals surface area contributed by atoms with Crippen molar-refractivity contribution in [3.63, 3.8) is 0 Å². The number of aryl methyl sites for hydroxylation is 1. The average molecular weight is 378 g/mol. The van der Waals surface area contributed by atoms with Crippen LogP contribution in [0.4, 0.5) is 5.69 Å². The maximum absolute atomic E-state index is 12.5. The molecule has 1 amide bonds. The van der Waals surface area contributed by atoms with Gasteiger partial charge in [-0.3, -0.25) is 14.6 Å². The second kappa shape index (κ2) is 6.16. The predicted octanol–water partition coefficient (Wildman–Crippen LogP) is 1.66. The topological polar surface area (TPSA) is 86.0 Å². The van der Waals surface area contributed by atoms with E-state index in [1.165, 1.54) is 0 Å². The van der Waals surface area contributed by atoms with Gasteiger partial charge in [-0.15, -0.1) is 0 Å². The summed E-state index contributed by atoms with van der Waals surface area (Å²) >= 11 is 3.43. The SMILES string of the molecule is Cc1[nH]c(=O)[nH]c(=O)c1CCC(=O)N1CCc2cc(Br)ccc21. The number of hydrogen-bond donors (Lipinski definition) is 2. The number of anilines is 1. The van der Waals surface area contributed by atoms with Crippen molar-refractivity contribution in [3.8, 4) is 0 Å². The molecule has 6 nitrogen and oxygen atoms in total. The number of aromatic amines is 2. The third-order valence-corrected chi connectivity index (χ3v) is 4.58. The molecule has 2 aromatic rings. The van der Waals surface area contributed by atoms with E-state index in [9.17, 15) is 14.4 Å². The number of amides is 1. The summed E-state index contributed by atoms with van der Waals surface area (Å²) in [7, 11) is 0. The number of fused-ring (bicyclic) bond motifs is 1. The first kappa shape index (κ1) is 15.7. The van der Waals surface area contributed by atoms with E-state index in [0.29, 0.717) is 24.2 Å². The third-order valence-electron chi connectivity index (χ3n) is 4.08. The Bertz CT molecular complexity index is 885. The Morgan fingerprint density at radius 1 is 1.30 bits per heavy atom. The number of carbonyl (C=O) groups is 1. The molecule has 0 spiro atoms. The van der Waals surface area contributed by atoms with E-state index in [1.54, 1.807) is 11.8 Å². The van der Waals surface area contributed by atoms with Crippen LogP contribution in [0.25, 0.3) is 0 Å². The summed E-state index contributed by atoms with van der Waals surface area (Å²) < 4.78 is 1.00. The van der Waals surface area contributed by atoms with Gasteiger partial charge in [-0.05, 0) is 43.5 Å². The summed E-state index contributed by atoms with van der Waals surface area (Å²) in [6.07, 6.45) is 1.36. The monoisotopic (exact) mass is 377 g/mol. The van der Waals surface area contributed by atoms with Crippen molar-refractivity contribution < 1.29 is 4.79 Å². The van der Waals surface area contributed by atoms with E-state index < -0.39 is 11.2 Å². The molecule has 0 saturated carbocycles. The predicted molar refractivity (Wildman–Crippen MR) is 90.9 cm³/mol. The zero-order valence-corrected chi connectivity index (χ0v) is 14.2. The van der Waals surface area contributed by atoms with E-state index >= 15 is 0 Å². The van der Waals surface area contributed by atoms with Gasteiger partial charge in [0.15, 0.2) is 0 Å². The van der Waals surface area contributed by atoms with Gasteiger partial charge < -0.3 is 9.88 Å². The van der Waals surface area contributed by atoms with Gasteiger partial charge in [0.2, 0.25) is 5.91 Å². The third kappa shape index (κ3) is 3.14. The molecule has 7 heteroatoms. The lowest BCUT2D eigenvalue weighted by Gasteiger charge is -2.17. The molecule has 0 radical (unpaired) electrons. The van der Waals surface area contributed by atoms with Gasteiger partial charge in [-0.2, -0.15) is 0 Å². The van der Waals surface area contributed by atoms with Crippen LogP contribution in [0, 0.1) is 6.92 Å². The number of H-pyrrole nitrogens is 2. The standard InChI is InChI=1S/C16H16BrN3O3/c1-9-12(15(22)19-16(23)18-9)3-5-14(21)20-7-6-10-8-11(17)2-4-13(10)20/h2,4,8H,3,5-7H2,1H3,(H2,18,19,22,23). The van der Waals surface area contributed by atoms with Gasteiger partial charge in [0.05, 0.1) is 0 Å². The molecule has 0 aliphatic carbocycles. The van der Waals surface area contributed by atoms with Gasteiger partial charge >= 0.3 is 5.69 Å². The molecule has 1 aromatic carbocycles. The highest BCUT2D eigenvalue weighted by atomic mass is 79.9. The first-order valence-corrected chi connectivity index (χ1v) is 8.16. The Morgan fingerprint density at radius 2 is 2.09 bits per heavy atom. The van der Waals surface area contributed by atoms with Gasteiger partial charge in [0.25, 0.3) is 5.56 Å². The lowest BCUT2D eigenvalue weighted by Crippen LogP contribution is -2.31. The highest BCUT2D eigenvalue weighted by Crippen LogP contribution is 2.31. The number of carbonyl (C=O) groups excluding carboxylic acids is 1. The maximum Gasteiger partial charge on any atom is 0.325 e. The van der Waals surface area contributed by atoms with E-state index in [1.807, 2.05) is 18.2 Å². The molecule has 2 heterocycles. The minimum absolute atomic E-state index is 0.0175. The molecule has 0 saturated heterocycles. The van der Waals surface area contributed by atoms with Gasteiger partial charge in [0, 0.05) is 34.4 Å². The van der Waals surface area contributed by atoms with E-state index in [-0.39, 0.29) is 12.3 Å². The molecule has 3 rings (SSSR count). The molecule has 2 N–H and O–H groups in total. The Hall–Kier alpha value is -2.15. The number of aromatic nitrogens is 2. The number of benzene rings is 1. The second-order valence-electron chi connectivity index (χ2n) is 5.58. The van der Waals surface area contributed by atoms with Crippen LogP contribution in [0.15, 0.2) is 32.3 Å². The normalized spacial score (nSPS) is 13.2. The highest BCUT2D eigenvalue weighted by Gasteiger charge is 2.24. The van der Waals surface area contributed by atoms with Gasteiger partial charge in [0.1, 0.15) is 0 Å². The Morgan fingerprint density at radius 3 is 2.83 bits per heavy atom. The molecule has 1 aromatic heterocycles. The summed E-state index contributed by atoms with van der Waals surface area (Å²) in [6, 6.07) is 5.88. The number of rotatable bonds is 3. The number of halogens is 1. The fourth-order valence-corrected chi connectivity index (χ4v) is 3.33. The number of nitrogens with one attached hydrogen (secondary N) is 2. The van der Waals surface area contributed by atoms with Gasteiger partial charge in [-0.25, -0.2) is 4.79 Å². The van der Waals surface area contributed by atoms with Crippen molar-refractivity contribution in [2.45, 2.75) is 26.2 Å². The molecular formula is C16H16BrN3O3. The van der Waals surface area contributed by atoms with Crippen molar-refractivity contribution >= 4 is 27.5 Å². The molecule has 0 unspecified atom stereocenters. The van der Waals surface area contributed by atoms with Crippen molar-refractivity contribution in [3.05, 3.63) is 60.3 Å². The van der Waals surface area contributed by atoms with Crippen molar-refractivity contribution in [1.82, 2.24) is 9.97 Å². The fourth-order valence-electron chi connectivity index (χ4n) is 2.92. The fraction of sp³-hybridized carbons (Fsp3) is 0.312. The quantitative estimate of drug-likeness (QED) is 0.852. The van der Waals surface area contributed by atoms with Gasteiger partial charge in [-0.1, -0.05) is 15.9 Å². The number of nitrogens with zero attached hydrogens (tertiary/aromatic N) is 1. The zero-order valence-electron chi connectivity index (χ0n) is 12.6. The summed E-state index contributed by atoms with van der Waals surface area (Å²) in [5, 5.41) is 0. The van der Waals surface area contributed by atoms with Crippen LogP contribution in [0.3, 0.4) is 0 Å². The second-order valence-corrected chi connectivity index (χ2v) is 6.50. The summed E-state index contributed by atoms with van der Waals surface area (Å²) in [6.45, 7) is 2.32. The zero-order chi connectivity index (χ0) is 16.6. The minimum Gasteiger partial charge on any atom is -0.312 e.